The highest BCUT2D eigenvalue weighted by molar-refractivity contribution is 6.06. The summed E-state index contributed by atoms with van der Waals surface area (Å²) >= 11 is 0. The highest BCUT2D eigenvalue weighted by Crippen LogP contribution is 2.35. The van der Waals surface area contributed by atoms with Crippen LogP contribution in [0.4, 0.5) is 0 Å². The van der Waals surface area contributed by atoms with E-state index in [0.717, 1.165) is 12.3 Å². The van der Waals surface area contributed by atoms with Gasteiger partial charge in [0.25, 0.3) is 0 Å². The molecule has 130 valence electrons. The highest BCUT2D eigenvalue weighted by Gasteiger charge is 2.17. The van der Waals surface area contributed by atoms with Gasteiger partial charge in [-0.2, -0.15) is 0 Å². The van der Waals surface area contributed by atoms with E-state index < -0.39 is 0 Å². The minimum absolute atomic E-state index is 0.751. The van der Waals surface area contributed by atoms with Gasteiger partial charge in [-0.1, -0.05) is 69.4 Å². The van der Waals surface area contributed by atoms with Crippen molar-refractivity contribution in [3.63, 3.8) is 0 Å². The van der Waals surface area contributed by atoms with Gasteiger partial charge in [0.2, 0.25) is 0 Å². The van der Waals surface area contributed by atoms with Crippen molar-refractivity contribution < 1.29 is 0 Å². The number of benzene rings is 2. The first-order chi connectivity index (χ1) is 12.4. The Bertz CT molecular complexity index is 858. The van der Waals surface area contributed by atoms with E-state index in [2.05, 4.69) is 49.4 Å². The zero-order chi connectivity index (χ0) is 17.1. The quantitative estimate of drug-likeness (QED) is 0.357. The van der Waals surface area contributed by atoms with Crippen molar-refractivity contribution in [2.24, 2.45) is 0 Å². The van der Waals surface area contributed by atoms with Crippen molar-refractivity contribution in [3.8, 4) is 0 Å². The van der Waals surface area contributed by atoms with Gasteiger partial charge in [-0.3, -0.25) is 4.98 Å². The van der Waals surface area contributed by atoms with Crippen LogP contribution < -0.4 is 0 Å². The summed E-state index contributed by atoms with van der Waals surface area (Å²) in [6, 6.07) is 15.9. The standard InChI is InChI=1S/C24H29N/c1-2-3-5-14-23-21-13-9-8-12-20(21)22-17-19(15-16-24(22)25-23)18-10-6-4-7-11-18/h8-9,12-13,15-18H,2-7,10-11,14H2,1H3. The van der Waals surface area contributed by atoms with Gasteiger partial charge in [-0.25, -0.2) is 0 Å². The lowest BCUT2D eigenvalue weighted by molar-refractivity contribution is 0.444. The fraction of sp³-hybridized carbons (Fsp3) is 0.458. The van der Waals surface area contributed by atoms with Crippen molar-refractivity contribution in [3.05, 3.63) is 53.7 Å². The molecule has 1 saturated carbocycles. The SMILES string of the molecule is CCCCCc1nc2ccc(C3CCCCC3)cc2c2ccccc12. The summed E-state index contributed by atoms with van der Waals surface area (Å²) in [6.45, 7) is 2.26. The second kappa shape index (κ2) is 7.56. The molecule has 0 atom stereocenters. The van der Waals surface area contributed by atoms with Gasteiger partial charge < -0.3 is 0 Å². The molecular weight excluding hydrogens is 302 g/mol. The molecule has 1 heteroatoms. The molecule has 0 saturated heterocycles. The van der Waals surface area contributed by atoms with Crippen molar-refractivity contribution in [1.29, 1.82) is 0 Å². The maximum atomic E-state index is 5.06. The van der Waals surface area contributed by atoms with Gasteiger partial charge in [0, 0.05) is 16.5 Å². The fourth-order valence-corrected chi connectivity index (χ4v) is 4.47. The van der Waals surface area contributed by atoms with Crippen LogP contribution in [-0.2, 0) is 6.42 Å². The smallest absolute Gasteiger partial charge is 0.0711 e. The predicted molar refractivity (Wildman–Crippen MR) is 108 cm³/mol. The maximum absolute atomic E-state index is 5.06. The van der Waals surface area contributed by atoms with E-state index in [1.54, 1.807) is 0 Å². The largest absolute Gasteiger partial charge is 0.252 e. The third-order valence-electron chi connectivity index (χ3n) is 5.90. The molecule has 1 heterocycles. The Morgan fingerprint density at radius 3 is 2.48 bits per heavy atom. The molecule has 0 amide bonds. The van der Waals surface area contributed by atoms with Crippen molar-refractivity contribution in [1.82, 2.24) is 4.98 Å². The van der Waals surface area contributed by atoms with Gasteiger partial charge in [0.1, 0.15) is 0 Å². The second-order valence-corrected chi connectivity index (χ2v) is 7.67. The number of nitrogens with zero attached hydrogens (tertiary/aromatic N) is 1. The molecular formula is C24H29N. The number of aromatic nitrogens is 1. The van der Waals surface area contributed by atoms with Crippen LogP contribution in [0.1, 0.15) is 75.5 Å². The first-order valence-electron chi connectivity index (χ1n) is 10.2. The second-order valence-electron chi connectivity index (χ2n) is 7.67. The normalized spacial score (nSPS) is 15.9. The molecule has 1 aliphatic rings. The molecule has 0 unspecified atom stereocenters. The summed E-state index contributed by atoms with van der Waals surface area (Å²) in [6.07, 6.45) is 11.8. The van der Waals surface area contributed by atoms with E-state index >= 15 is 0 Å². The molecule has 1 fully saturated rings. The maximum Gasteiger partial charge on any atom is 0.0711 e. The Kier molecular flexibility index (Phi) is 5.01. The van der Waals surface area contributed by atoms with Gasteiger partial charge in [0.05, 0.1) is 5.52 Å². The van der Waals surface area contributed by atoms with Crippen LogP contribution in [0.25, 0.3) is 21.7 Å². The Labute approximate surface area is 151 Å². The average Bonchev–Trinajstić information content (AvgIpc) is 2.68. The van der Waals surface area contributed by atoms with Crippen LogP contribution in [0.15, 0.2) is 42.5 Å². The monoisotopic (exact) mass is 331 g/mol. The molecule has 25 heavy (non-hydrogen) atoms. The van der Waals surface area contributed by atoms with Crippen LogP contribution >= 0.6 is 0 Å². The molecule has 0 N–H and O–H groups in total. The summed E-state index contributed by atoms with van der Waals surface area (Å²) in [7, 11) is 0. The third-order valence-corrected chi connectivity index (χ3v) is 5.90. The molecule has 3 aromatic rings. The topological polar surface area (TPSA) is 12.9 Å². The minimum atomic E-state index is 0.751. The Morgan fingerprint density at radius 1 is 0.880 bits per heavy atom. The summed E-state index contributed by atoms with van der Waals surface area (Å²) in [5, 5.41) is 4.08. The molecule has 4 rings (SSSR count). The van der Waals surface area contributed by atoms with Crippen molar-refractivity contribution >= 4 is 21.7 Å². The average molecular weight is 332 g/mol. The lowest BCUT2D eigenvalue weighted by atomic mass is 9.83. The van der Waals surface area contributed by atoms with E-state index in [-0.39, 0.29) is 0 Å². The lowest BCUT2D eigenvalue weighted by Crippen LogP contribution is -2.04. The number of unbranched alkanes of at least 4 members (excludes halogenated alkanes) is 2. The van der Waals surface area contributed by atoms with Crippen LogP contribution in [0.2, 0.25) is 0 Å². The number of pyridine rings is 1. The first kappa shape index (κ1) is 16.6. The van der Waals surface area contributed by atoms with Crippen LogP contribution in [0.3, 0.4) is 0 Å². The van der Waals surface area contributed by atoms with E-state index in [1.807, 2.05) is 0 Å². The zero-order valence-electron chi connectivity index (χ0n) is 15.4. The molecule has 2 aromatic carbocycles. The van der Waals surface area contributed by atoms with E-state index in [9.17, 15) is 0 Å². The number of hydrogen-bond acceptors (Lipinski definition) is 1. The van der Waals surface area contributed by atoms with E-state index in [1.165, 1.54) is 84.3 Å². The molecule has 0 radical (unpaired) electrons. The molecule has 0 spiro atoms. The van der Waals surface area contributed by atoms with Crippen molar-refractivity contribution in [2.75, 3.05) is 0 Å². The fourth-order valence-electron chi connectivity index (χ4n) is 4.47. The predicted octanol–water partition coefficient (Wildman–Crippen LogP) is 7.17. The minimum Gasteiger partial charge on any atom is -0.252 e. The lowest BCUT2D eigenvalue weighted by Gasteiger charge is -2.22. The molecule has 1 aliphatic carbocycles. The first-order valence-corrected chi connectivity index (χ1v) is 10.2. The Morgan fingerprint density at radius 2 is 1.68 bits per heavy atom. The highest BCUT2D eigenvalue weighted by atomic mass is 14.7. The van der Waals surface area contributed by atoms with E-state index in [4.69, 9.17) is 4.98 Å². The molecule has 1 nitrogen and oxygen atoms in total. The van der Waals surface area contributed by atoms with Gasteiger partial charge in [-0.15, -0.1) is 0 Å². The number of hydrogen-bond donors (Lipinski definition) is 0. The van der Waals surface area contributed by atoms with Gasteiger partial charge in [0.15, 0.2) is 0 Å². The van der Waals surface area contributed by atoms with Crippen LogP contribution in [-0.4, -0.2) is 4.98 Å². The molecule has 0 bridgehead atoms. The van der Waals surface area contributed by atoms with E-state index in [0.29, 0.717) is 0 Å². The van der Waals surface area contributed by atoms with Gasteiger partial charge in [-0.05, 0) is 54.7 Å². The number of rotatable bonds is 5. The van der Waals surface area contributed by atoms with Crippen molar-refractivity contribution in [2.45, 2.75) is 70.6 Å². The number of fused-ring (bicyclic) bond motifs is 3. The van der Waals surface area contributed by atoms with Gasteiger partial charge >= 0.3 is 0 Å². The molecule has 1 aromatic heterocycles. The van der Waals surface area contributed by atoms with Crippen LogP contribution in [0, 0.1) is 0 Å². The molecule has 0 aliphatic heterocycles. The third kappa shape index (κ3) is 3.42. The number of aryl methyl sites for hydroxylation is 1. The summed E-state index contributed by atoms with van der Waals surface area (Å²) in [4.78, 5) is 5.06. The Balaban J connectivity index is 1.79. The van der Waals surface area contributed by atoms with Crippen LogP contribution in [0.5, 0.6) is 0 Å². The summed E-state index contributed by atoms with van der Waals surface area (Å²) in [5.41, 5.74) is 3.98. The summed E-state index contributed by atoms with van der Waals surface area (Å²) in [5.74, 6) is 0.751. The Hall–Kier alpha value is -1.89. The summed E-state index contributed by atoms with van der Waals surface area (Å²) < 4.78 is 0. The zero-order valence-corrected chi connectivity index (χ0v) is 15.4.